The number of ketones is 1. The Labute approximate surface area is 111 Å². The van der Waals surface area contributed by atoms with Crippen LogP contribution in [-0.2, 0) is 4.79 Å². The van der Waals surface area contributed by atoms with E-state index in [9.17, 15) is 9.59 Å². The van der Waals surface area contributed by atoms with Crippen LogP contribution in [0, 0.1) is 0 Å². The van der Waals surface area contributed by atoms with Crippen molar-refractivity contribution in [2.75, 3.05) is 14.1 Å². The molecule has 0 radical (unpaired) electrons. The molecule has 0 spiro atoms. The molecule has 0 aliphatic rings. The van der Waals surface area contributed by atoms with Crippen molar-refractivity contribution in [3.05, 3.63) is 34.3 Å². The first-order valence-corrected chi connectivity index (χ1v) is 6.26. The van der Waals surface area contributed by atoms with Crippen molar-refractivity contribution < 1.29 is 9.21 Å². The summed E-state index contributed by atoms with van der Waals surface area (Å²) in [6.07, 6.45) is 1.30. The molecule has 1 N–H and O–H groups in total. The van der Waals surface area contributed by atoms with E-state index in [0.29, 0.717) is 17.5 Å². The number of aromatic amines is 1. The second kappa shape index (κ2) is 5.40. The van der Waals surface area contributed by atoms with Crippen molar-refractivity contribution in [1.29, 1.82) is 0 Å². The number of aromatic nitrogens is 1. The SMILES string of the molecule is CC(=O)CCC(c1ccc2oc(=O)[nH]c2c1)N(C)C. The minimum Gasteiger partial charge on any atom is -0.408 e. The molecule has 5 heteroatoms. The fourth-order valence-corrected chi connectivity index (χ4v) is 2.24. The molecule has 2 aromatic rings. The number of carbonyl (C=O) groups excluding carboxylic acids is 1. The zero-order valence-electron chi connectivity index (χ0n) is 11.4. The van der Waals surface area contributed by atoms with Crippen LogP contribution in [0.1, 0.15) is 31.4 Å². The van der Waals surface area contributed by atoms with Gasteiger partial charge >= 0.3 is 5.76 Å². The summed E-state index contributed by atoms with van der Waals surface area (Å²) in [7, 11) is 3.96. The predicted molar refractivity (Wildman–Crippen MR) is 73.2 cm³/mol. The molecule has 2 rings (SSSR count). The summed E-state index contributed by atoms with van der Waals surface area (Å²) in [5.41, 5.74) is 2.31. The molecular weight excluding hydrogens is 244 g/mol. The number of nitrogens with zero attached hydrogens (tertiary/aromatic N) is 1. The van der Waals surface area contributed by atoms with E-state index in [1.165, 1.54) is 0 Å². The summed E-state index contributed by atoms with van der Waals surface area (Å²) >= 11 is 0. The van der Waals surface area contributed by atoms with Gasteiger partial charge in [-0.25, -0.2) is 4.79 Å². The lowest BCUT2D eigenvalue weighted by Gasteiger charge is -2.24. The van der Waals surface area contributed by atoms with Crippen LogP contribution >= 0.6 is 0 Å². The van der Waals surface area contributed by atoms with Crippen molar-refractivity contribution in [1.82, 2.24) is 9.88 Å². The minimum atomic E-state index is -0.447. The molecule has 0 bridgehead atoms. The van der Waals surface area contributed by atoms with Gasteiger partial charge in [0.2, 0.25) is 0 Å². The molecule has 0 aliphatic heterocycles. The Hall–Kier alpha value is -1.88. The van der Waals surface area contributed by atoms with Gasteiger partial charge < -0.3 is 14.1 Å². The summed E-state index contributed by atoms with van der Waals surface area (Å²) in [5.74, 6) is -0.262. The number of nitrogens with one attached hydrogen (secondary N) is 1. The number of H-pyrrole nitrogens is 1. The number of carbonyl (C=O) groups is 1. The highest BCUT2D eigenvalue weighted by Gasteiger charge is 2.16. The summed E-state index contributed by atoms with van der Waals surface area (Å²) in [5, 5.41) is 0. The van der Waals surface area contributed by atoms with Gasteiger partial charge in [-0.2, -0.15) is 0 Å². The number of oxazole rings is 1. The average Bonchev–Trinajstić information content (AvgIpc) is 2.67. The Morgan fingerprint density at radius 3 is 2.79 bits per heavy atom. The van der Waals surface area contributed by atoms with E-state index in [2.05, 4.69) is 9.88 Å². The molecular formula is C14H18N2O3. The second-order valence-corrected chi connectivity index (χ2v) is 4.99. The lowest BCUT2D eigenvalue weighted by Crippen LogP contribution is -2.20. The van der Waals surface area contributed by atoms with E-state index in [-0.39, 0.29) is 11.8 Å². The highest BCUT2D eigenvalue weighted by Crippen LogP contribution is 2.26. The number of hydrogen-bond donors (Lipinski definition) is 1. The van der Waals surface area contributed by atoms with Gasteiger partial charge in [-0.05, 0) is 45.1 Å². The molecule has 5 nitrogen and oxygen atoms in total. The van der Waals surface area contributed by atoms with Crippen LogP contribution in [0.5, 0.6) is 0 Å². The Kier molecular flexibility index (Phi) is 3.85. The van der Waals surface area contributed by atoms with Crippen LogP contribution in [-0.4, -0.2) is 29.8 Å². The minimum absolute atomic E-state index is 0.145. The van der Waals surface area contributed by atoms with E-state index in [1.54, 1.807) is 13.0 Å². The summed E-state index contributed by atoms with van der Waals surface area (Å²) in [4.78, 5) is 27.0. The van der Waals surface area contributed by atoms with E-state index in [0.717, 1.165) is 12.0 Å². The first-order chi connectivity index (χ1) is 8.97. The zero-order chi connectivity index (χ0) is 14.0. The third-order valence-corrected chi connectivity index (χ3v) is 3.22. The number of rotatable bonds is 5. The Balaban J connectivity index is 2.32. The molecule has 1 aromatic carbocycles. The molecule has 19 heavy (non-hydrogen) atoms. The van der Waals surface area contributed by atoms with Crippen molar-refractivity contribution in [3.63, 3.8) is 0 Å². The lowest BCUT2D eigenvalue weighted by atomic mass is 9.99. The molecule has 0 amide bonds. The topological polar surface area (TPSA) is 66.3 Å². The highest BCUT2D eigenvalue weighted by molar-refractivity contribution is 5.75. The lowest BCUT2D eigenvalue weighted by molar-refractivity contribution is -0.117. The van der Waals surface area contributed by atoms with E-state index >= 15 is 0 Å². The van der Waals surface area contributed by atoms with E-state index in [1.807, 2.05) is 26.2 Å². The molecule has 0 saturated carbocycles. The number of fused-ring (bicyclic) bond motifs is 1. The van der Waals surface area contributed by atoms with Gasteiger partial charge in [-0.3, -0.25) is 4.98 Å². The van der Waals surface area contributed by atoms with E-state index in [4.69, 9.17) is 4.42 Å². The van der Waals surface area contributed by atoms with Crippen LogP contribution in [0.25, 0.3) is 11.1 Å². The van der Waals surface area contributed by atoms with Crippen molar-refractivity contribution in [2.45, 2.75) is 25.8 Å². The van der Waals surface area contributed by atoms with Gasteiger partial charge in [-0.15, -0.1) is 0 Å². The third-order valence-electron chi connectivity index (χ3n) is 3.22. The summed E-state index contributed by atoms with van der Waals surface area (Å²) < 4.78 is 4.98. The smallest absolute Gasteiger partial charge is 0.408 e. The fourth-order valence-electron chi connectivity index (χ4n) is 2.24. The van der Waals surface area contributed by atoms with Crippen molar-refractivity contribution in [2.24, 2.45) is 0 Å². The molecule has 1 aromatic heterocycles. The first kappa shape index (κ1) is 13.5. The van der Waals surface area contributed by atoms with Gasteiger partial charge in [0.25, 0.3) is 0 Å². The average molecular weight is 262 g/mol. The molecule has 0 fully saturated rings. The monoisotopic (exact) mass is 262 g/mol. The molecule has 1 atom stereocenters. The second-order valence-electron chi connectivity index (χ2n) is 4.99. The van der Waals surface area contributed by atoms with Crippen LogP contribution in [0.4, 0.5) is 0 Å². The van der Waals surface area contributed by atoms with Crippen molar-refractivity contribution in [3.8, 4) is 0 Å². The fraction of sp³-hybridized carbons (Fsp3) is 0.429. The summed E-state index contributed by atoms with van der Waals surface area (Å²) in [6.45, 7) is 1.60. The quantitative estimate of drug-likeness (QED) is 0.896. The van der Waals surface area contributed by atoms with Gasteiger partial charge in [0.05, 0.1) is 5.52 Å². The standard InChI is InChI=1S/C14H18N2O3/c1-9(17)4-6-12(16(2)3)10-5-7-13-11(8-10)15-14(18)19-13/h5,7-8,12H,4,6H2,1-3H3,(H,15,18). The summed E-state index contributed by atoms with van der Waals surface area (Å²) in [6, 6.07) is 5.77. The van der Waals surface area contributed by atoms with Gasteiger partial charge in [0, 0.05) is 12.5 Å². The maximum Gasteiger partial charge on any atom is 0.417 e. The van der Waals surface area contributed by atoms with Crippen LogP contribution in [0.3, 0.4) is 0 Å². The maximum atomic E-state index is 11.1. The Morgan fingerprint density at radius 2 is 2.16 bits per heavy atom. The number of Topliss-reactive ketones (excluding diaryl/α,β-unsaturated/α-hetero) is 1. The first-order valence-electron chi connectivity index (χ1n) is 6.26. The number of hydrogen-bond acceptors (Lipinski definition) is 4. The highest BCUT2D eigenvalue weighted by atomic mass is 16.4. The molecule has 1 heterocycles. The van der Waals surface area contributed by atoms with Crippen LogP contribution in [0.15, 0.2) is 27.4 Å². The van der Waals surface area contributed by atoms with Crippen LogP contribution in [0.2, 0.25) is 0 Å². The molecule has 102 valence electrons. The number of benzene rings is 1. The molecule has 1 unspecified atom stereocenters. The molecule has 0 aliphatic carbocycles. The van der Waals surface area contributed by atoms with Gasteiger partial charge in [0.15, 0.2) is 5.58 Å². The van der Waals surface area contributed by atoms with Crippen molar-refractivity contribution >= 4 is 16.9 Å². The largest absolute Gasteiger partial charge is 0.417 e. The van der Waals surface area contributed by atoms with E-state index < -0.39 is 5.76 Å². The Morgan fingerprint density at radius 1 is 1.42 bits per heavy atom. The Bertz CT molecular complexity index is 639. The zero-order valence-corrected chi connectivity index (χ0v) is 11.4. The maximum absolute atomic E-state index is 11.1. The normalized spacial score (nSPS) is 13.1. The molecule has 0 saturated heterocycles. The van der Waals surface area contributed by atoms with Gasteiger partial charge in [-0.1, -0.05) is 6.07 Å². The van der Waals surface area contributed by atoms with Gasteiger partial charge in [0.1, 0.15) is 5.78 Å². The third kappa shape index (κ3) is 3.12. The predicted octanol–water partition coefficient (Wildman–Crippen LogP) is 2.09. The van der Waals surface area contributed by atoms with Crippen LogP contribution < -0.4 is 5.76 Å².